The van der Waals surface area contributed by atoms with E-state index in [1.807, 2.05) is 6.07 Å². The number of ether oxygens (including phenoxy) is 1. The zero-order valence-corrected chi connectivity index (χ0v) is 10.4. The summed E-state index contributed by atoms with van der Waals surface area (Å²) in [6.07, 6.45) is 3.83. The maximum absolute atomic E-state index is 9.36. The molecule has 2 N–H and O–H groups in total. The van der Waals surface area contributed by atoms with Crippen LogP contribution in [0.1, 0.15) is 26.2 Å². The molecule has 0 amide bonds. The minimum atomic E-state index is 0.196. The van der Waals surface area contributed by atoms with E-state index in [1.54, 1.807) is 18.2 Å². The molecule has 2 atom stereocenters. The molecular weight excluding hydrogens is 214 g/mol. The Labute approximate surface area is 103 Å². The molecule has 94 valence electrons. The van der Waals surface area contributed by atoms with Crippen molar-refractivity contribution in [3.8, 4) is 11.5 Å². The number of aromatic hydroxyl groups is 1. The smallest absolute Gasteiger partial charge is 0.123 e. The van der Waals surface area contributed by atoms with E-state index in [0.717, 1.165) is 31.2 Å². The number of nitrogens with one attached hydrogen (secondary N) is 1. The van der Waals surface area contributed by atoms with Crippen LogP contribution in [0.4, 0.5) is 0 Å². The van der Waals surface area contributed by atoms with Crippen LogP contribution in [-0.2, 0) is 0 Å². The molecule has 1 aliphatic rings. The summed E-state index contributed by atoms with van der Waals surface area (Å²) in [6.45, 7) is 4.35. The summed E-state index contributed by atoms with van der Waals surface area (Å²) in [5.74, 6) is 1.73. The van der Waals surface area contributed by atoms with Crippen molar-refractivity contribution in [2.24, 2.45) is 5.92 Å². The summed E-state index contributed by atoms with van der Waals surface area (Å²) < 4.78 is 5.81. The Morgan fingerprint density at radius 1 is 1.53 bits per heavy atom. The quantitative estimate of drug-likeness (QED) is 0.842. The Morgan fingerprint density at radius 3 is 3.12 bits per heavy atom. The third kappa shape index (κ3) is 3.93. The van der Waals surface area contributed by atoms with Crippen molar-refractivity contribution in [2.45, 2.75) is 32.3 Å². The van der Waals surface area contributed by atoms with E-state index in [1.165, 1.54) is 12.8 Å². The lowest BCUT2D eigenvalue weighted by Crippen LogP contribution is -2.32. The fourth-order valence-corrected chi connectivity index (χ4v) is 2.43. The van der Waals surface area contributed by atoms with Gasteiger partial charge in [-0.25, -0.2) is 0 Å². The number of rotatable bonds is 4. The molecule has 2 rings (SSSR count). The lowest BCUT2D eigenvalue weighted by Gasteiger charge is -2.25. The predicted molar refractivity (Wildman–Crippen MR) is 68.4 cm³/mol. The second-order valence-corrected chi connectivity index (χ2v) is 4.87. The van der Waals surface area contributed by atoms with Gasteiger partial charge in [0.05, 0.1) is 6.10 Å². The summed E-state index contributed by atoms with van der Waals surface area (Å²) in [4.78, 5) is 0. The second-order valence-electron chi connectivity index (χ2n) is 4.87. The van der Waals surface area contributed by atoms with E-state index in [9.17, 15) is 5.11 Å². The topological polar surface area (TPSA) is 41.5 Å². The molecule has 0 spiro atoms. The van der Waals surface area contributed by atoms with Crippen LogP contribution in [0.2, 0.25) is 0 Å². The molecule has 1 aromatic rings. The molecule has 1 fully saturated rings. The molecule has 2 unspecified atom stereocenters. The highest BCUT2D eigenvalue weighted by Crippen LogP contribution is 2.22. The minimum Gasteiger partial charge on any atom is -0.508 e. The van der Waals surface area contributed by atoms with Crippen LogP contribution in [0.15, 0.2) is 24.3 Å². The van der Waals surface area contributed by atoms with E-state index in [2.05, 4.69) is 12.2 Å². The molecule has 3 nitrogen and oxygen atoms in total. The van der Waals surface area contributed by atoms with Gasteiger partial charge in [0.1, 0.15) is 11.5 Å². The van der Waals surface area contributed by atoms with E-state index in [0.29, 0.717) is 0 Å². The zero-order chi connectivity index (χ0) is 12.1. The average molecular weight is 235 g/mol. The molecule has 0 saturated carbocycles. The Hall–Kier alpha value is -1.22. The first-order chi connectivity index (χ1) is 8.24. The molecule has 0 bridgehead atoms. The summed E-state index contributed by atoms with van der Waals surface area (Å²) in [5, 5.41) is 12.8. The number of phenolic OH excluding ortho intramolecular Hbond substituents is 1. The number of phenols is 1. The highest BCUT2D eigenvalue weighted by molar-refractivity contribution is 5.31. The summed E-state index contributed by atoms with van der Waals surface area (Å²) in [6, 6.07) is 7.01. The fourth-order valence-electron chi connectivity index (χ4n) is 2.43. The summed E-state index contributed by atoms with van der Waals surface area (Å²) >= 11 is 0. The maximum atomic E-state index is 9.36. The van der Waals surface area contributed by atoms with Crippen molar-refractivity contribution in [1.82, 2.24) is 5.32 Å². The number of hydrogen-bond donors (Lipinski definition) is 2. The third-order valence-electron chi connectivity index (χ3n) is 3.22. The van der Waals surface area contributed by atoms with Gasteiger partial charge in [-0.2, -0.15) is 0 Å². The van der Waals surface area contributed by atoms with Gasteiger partial charge < -0.3 is 15.2 Å². The van der Waals surface area contributed by atoms with Crippen LogP contribution in [0, 0.1) is 5.92 Å². The van der Waals surface area contributed by atoms with Crippen LogP contribution in [0.3, 0.4) is 0 Å². The number of hydrogen-bond acceptors (Lipinski definition) is 3. The highest BCUT2D eigenvalue weighted by Gasteiger charge is 2.17. The van der Waals surface area contributed by atoms with Crippen molar-refractivity contribution in [1.29, 1.82) is 0 Å². The monoisotopic (exact) mass is 235 g/mol. The van der Waals surface area contributed by atoms with Gasteiger partial charge in [-0.15, -0.1) is 0 Å². The first kappa shape index (κ1) is 12.2. The lowest BCUT2D eigenvalue weighted by molar-refractivity contribution is 0.173. The van der Waals surface area contributed by atoms with E-state index in [4.69, 9.17) is 4.74 Å². The van der Waals surface area contributed by atoms with Crippen LogP contribution >= 0.6 is 0 Å². The summed E-state index contributed by atoms with van der Waals surface area (Å²) in [7, 11) is 0. The van der Waals surface area contributed by atoms with Gasteiger partial charge in [0.15, 0.2) is 0 Å². The van der Waals surface area contributed by atoms with Crippen molar-refractivity contribution >= 4 is 0 Å². The van der Waals surface area contributed by atoms with Crippen LogP contribution in [0.5, 0.6) is 11.5 Å². The van der Waals surface area contributed by atoms with Gasteiger partial charge in [-0.1, -0.05) is 6.07 Å². The second kappa shape index (κ2) is 5.92. The highest BCUT2D eigenvalue weighted by atomic mass is 16.5. The van der Waals surface area contributed by atoms with Crippen LogP contribution in [0.25, 0.3) is 0 Å². The number of benzene rings is 1. The molecule has 17 heavy (non-hydrogen) atoms. The fraction of sp³-hybridized carbons (Fsp3) is 0.571. The minimum absolute atomic E-state index is 0.196. The van der Waals surface area contributed by atoms with Gasteiger partial charge in [0.2, 0.25) is 0 Å². The molecule has 0 aliphatic carbocycles. The summed E-state index contributed by atoms with van der Waals surface area (Å²) in [5.41, 5.74) is 0. The standard InChI is InChI=1S/C14H21NO2/c1-11(8-12-4-3-7-15-10-12)17-14-6-2-5-13(16)9-14/h2,5-6,9,11-12,15-16H,3-4,7-8,10H2,1H3. The van der Waals surface area contributed by atoms with E-state index in [-0.39, 0.29) is 11.9 Å². The zero-order valence-electron chi connectivity index (χ0n) is 10.4. The van der Waals surface area contributed by atoms with Gasteiger partial charge in [0.25, 0.3) is 0 Å². The SMILES string of the molecule is CC(CC1CCCNC1)Oc1cccc(O)c1. The molecule has 1 saturated heterocycles. The number of piperidine rings is 1. The average Bonchev–Trinajstić information content (AvgIpc) is 2.30. The van der Waals surface area contributed by atoms with Crippen molar-refractivity contribution in [3.05, 3.63) is 24.3 Å². The van der Waals surface area contributed by atoms with Gasteiger partial charge in [-0.3, -0.25) is 0 Å². The van der Waals surface area contributed by atoms with Crippen molar-refractivity contribution in [2.75, 3.05) is 13.1 Å². The molecule has 1 heterocycles. The van der Waals surface area contributed by atoms with E-state index < -0.39 is 0 Å². The maximum Gasteiger partial charge on any atom is 0.123 e. The molecule has 1 aromatic carbocycles. The van der Waals surface area contributed by atoms with Crippen molar-refractivity contribution in [3.63, 3.8) is 0 Å². The first-order valence-corrected chi connectivity index (χ1v) is 6.40. The molecule has 3 heteroatoms. The van der Waals surface area contributed by atoms with Gasteiger partial charge in [-0.05, 0) is 57.3 Å². The largest absolute Gasteiger partial charge is 0.508 e. The Kier molecular flexibility index (Phi) is 4.26. The normalized spacial score (nSPS) is 22.1. The Morgan fingerprint density at radius 2 is 2.41 bits per heavy atom. The first-order valence-electron chi connectivity index (χ1n) is 6.40. The Bertz CT molecular complexity index is 348. The molecular formula is C14H21NO2. The van der Waals surface area contributed by atoms with E-state index >= 15 is 0 Å². The molecule has 1 aliphatic heterocycles. The molecule has 0 radical (unpaired) electrons. The van der Waals surface area contributed by atoms with Gasteiger partial charge in [0, 0.05) is 6.07 Å². The Balaban J connectivity index is 1.82. The van der Waals surface area contributed by atoms with Crippen LogP contribution in [-0.4, -0.2) is 24.3 Å². The van der Waals surface area contributed by atoms with Crippen LogP contribution < -0.4 is 10.1 Å². The predicted octanol–water partition coefficient (Wildman–Crippen LogP) is 2.55. The van der Waals surface area contributed by atoms with Gasteiger partial charge >= 0.3 is 0 Å². The lowest BCUT2D eigenvalue weighted by atomic mass is 9.94. The third-order valence-corrected chi connectivity index (χ3v) is 3.22. The van der Waals surface area contributed by atoms with Crippen molar-refractivity contribution < 1.29 is 9.84 Å². The molecule has 0 aromatic heterocycles.